The Balaban J connectivity index is 0.000000112. The van der Waals surface area contributed by atoms with Crippen LogP contribution in [0, 0.1) is 18.8 Å². The lowest BCUT2D eigenvalue weighted by Gasteiger charge is -2.40. The predicted molar refractivity (Wildman–Crippen MR) is 443 cm³/mol. The van der Waals surface area contributed by atoms with Gasteiger partial charge in [-0.25, -0.2) is 21.1 Å². The Morgan fingerprint density at radius 3 is 1.41 bits per heavy atom. The number of rotatable bonds is 11. The van der Waals surface area contributed by atoms with Gasteiger partial charge in [0.25, 0.3) is 0 Å². The van der Waals surface area contributed by atoms with E-state index in [-0.39, 0.29) is 29.7 Å². The first-order valence-electron chi connectivity index (χ1n) is 38.8. The topological polar surface area (TPSA) is 320 Å². The van der Waals surface area contributed by atoms with Crippen molar-refractivity contribution in [2.45, 2.75) is 75.9 Å². The molecule has 33 heteroatoms. The van der Waals surface area contributed by atoms with Gasteiger partial charge in [0.05, 0.1) is 128 Å². The molecule has 0 spiro atoms. The number of piperidine rings is 3. The number of aryl methyl sites for hydroxylation is 1. The molecule has 600 valence electrons. The Morgan fingerprint density at radius 2 is 0.912 bits per heavy atom. The van der Waals surface area contributed by atoms with Gasteiger partial charge in [0.2, 0.25) is 31.9 Å². The number of ether oxygens (including phenoxy) is 3. The largest absolute Gasteiger partial charge is 0.385 e. The van der Waals surface area contributed by atoms with Crippen LogP contribution in [-0.2, 0) is 49.4 Å². The number of halogens is 3. The molecule has 19 rings (SSSR count). The number of amides is 2. The summed E-state index contributed by atoms with van der Waals surface area (Å²) in [6.45, 7) is 18.9. The fraction of sp³-hybridized carbons (Fsp3) is 0.463. The van der Waals surface area contributed by atoms with Crippen LogP contribution in [0.5, 0.6) is 0 Å². The standard InChI is InChI=1S/C18H18ClN3O.C17H24N4O3S.C16H18ClN3O2.C15H17ClN4O2.C14H20N4O2S/c19-14-10-16-15(12-20-21-16)17(11-14)22-8-6-18(23,7-9-22)13-4-2-1-3-5-13;1-25(22,23)21-4-2-13(3-5-21)15-10-14(20-6-8-24-9-7-20)11-17-16(15)12-18-19-17;17-12-5-13(14-7-18-19-15(14)6-12)10-1-3-20(4-2-10)16(21)11-8-22-9-11;16-11-5-13-12(7-17-18-13)14(6-11)19-1-3-20(4-2-19)15(21)10-8-22-9-10;1-10-6-13-12(8-15-16-13)14(7-10)18-5-4-17(9-11(18)2)21(3,19)20/h1-5,10-12,23H,6-9H2,(H,20,21);10-13H,2-9H2,1H3,(H,18,19);5-7,10-11H,1-4,8-9H2,(H,18,19);5-7,10H,1-4,8-9H2,(H,17,18);6-8,11H,4-5,9H2,1-3H3,(H,15,16)/t;;;;11-/m....1/s1. The van der Waals surface area contributed by atoms with Gasteiger partial charge in [-0.1, -0.05) is 65.1 Å². The van der Waals surface area contributed by atoms with E-state index in [1.54, 1.807) is 8.61 Å². The summed E-state index contributed by atoms with van der Waals surface area (Å²) in [7, 11) is -6.21. The number of fused-ring (bicyclic) bond motifs is 5. The van der Waals surface area contributed by atoms with E-state index < -0.39 is 25.6 Å². The number of hydrogen-bond donors (Lipinski definition) is 6. The summed E-state index contributed by atoms with van der Waals surface area (Å²) in [5.41, 5.74) is 13.3. The Hall–Kier alpha value is -8.66. The van der Waals surface area contributed by atoms with Crippen LogP contribution >= 0.6 is 34.8 Å². The number of aliphatic hydroxyl groups is 1. The molecule has 8 fully saturated rings. The molecule has 28 nitrogen and oxygen atoms in total. The molecule has 5 aromatic heterocycles. The van der Waals surface area contributed by atoms with E-state index in [0.29, 0.717) is 93.9 Å². The summed E-state index contributed by atoms with van der Waals surface area (Å²) >= 11 is 18.6. The van der Waals surface area contributed by atoms with Crippen LogP contribution in [0.15, 0.2) is 122 Å². The highest BCUT2D eigenvalue weighted by Crippen LogP contribution is 2.41. The Morgan fingerprint density at radius 1 is 0.469 bits per heavy atom. The second kappa shape index (κ2) is 34.4. The minimum atomic E-state index is -3.12. The highest BCUT2D eigenvalue weighted by Gasteiger charge is 2.38. The number of morpholine rings is 1. The molecule has 6 aromatic carbocycles. The highest BCUT2D eigenvalue weighted by molar-refractivity contribution is 7.88. The first-order chi connectivity index (χ1) is 54.5. The third-order valence-corrected chi connectivity index (χ3v) is 26.5. The van der Waals surface area contributed by atoms with Crippen LogP contribution in [-0.4, -0.2) is 260 Å². The van der Waals surface area contributed by atoms with Crippen molar-refractivity contribution in [3.05, 3.63) is 159 Å². The average Bonchev–Trinajstić information content (AvgIpc) is 1.77. The molecule has 0 unspecified atom stereocenters. The van der Waals surface area contributed by atoms with Gasteiger partial charge in [-0.2, -0.15) is 29.8 Å². The maximum absolute atomic E-state index is 12.3. The fourth-order valence-corrected chi connectivity index (χ4v) is 19.2. The first kappa shape index (κ1) is 79.6. The van der Waals surface area contributed by atoms with Crippen molar-refractivity contribution in [1.29, 1.82) is 0 Å². The van der Waals surface area contributed by atoms with Gasteiger partial charge in [0, 0.05) is 169 Å². The molecular weight excluding hydrogens is 1540 g/mol. The maximum atomic E-state index is 12.3. The SMILES string of the molecule is CS(=O)(=O)N1CCC(c2cc(N3CCOCC3)cc3[nH]ncc23)CC1.Cc1cc(N2CCN(S(C)(=O)=O)C[C@H]2C)c2cn[nH]c2c1.O=C(C1COC1)N1CCC(c2cc(Cl)cc3[nH]ncc23)CC1.O=C(C1COC1)N1CCN(c2cc(Cl)cc3[nH]ncc23)CC1.OC1(c2ccccc2)CCN(c2cc(Cl)cc3[nH]ncc23)CC1. The van der Waals surface area contributed by atoms with Crippen molar-refractivity contribution in [2.75, 3.05) is 170 Å². The van der Waals surface area contributed by atoms with E-state index >= 15 is 0 Å². The zero-order valence-electron chi connectivity index (χ0n) is 63.9. The van der Waals surface area contributed by atoms with Gasteiger partial charge in [0.1, 0.15) is 0 Å². The summed E-state index contributed by atoms with van der Waals surface area (Å²) in [5.74, 6) is 1.43. The van der Waals surface area contributed by atoms with Crippen molar-refractivity contribution in [2.24, 2.45) is 11.8 Å². The third kappa shape index (κ3) is 18.1. The molecule has 11 aromatic rings. The molecule has 2 amide bonds. The van der Waals surface area contributed by atoms with Crippen molar-refractivity contribution in [1.82, 2.24) is 69.4 Å². The first-order valence-corrected chi connectivity index (χ1v) is 43.6. The summed E-state index contributed by atoms with van der Waals surface area (Å²) < 4.78 is 65.7. The molecule has 6 N–H and O–H groups in total. The number of aromatic nitrogens is 10. The summed E-state index contributed by atoms with van der Waals surface area (Å²) in [6.07, 6.45) is 16.8. The van der Waals surface area contributed by atoms with Gasteiger partial charge < -0.3 is 48.7 Å². The molecule has 0 radical (unpaired) electrons. The zero-order chi connectivity index (χ0) is 78.7. The molecule has 13 heterocycles. The lowest BCUT2D eigenvalue weighted by atomic mass is 9.84. The monoisotopic (exact) mass is 1640 g/mol. The number of sulfonamides is 2. The highest BCUT2D eigenvalue weighted by atomic mass is 35.5. The van der Waals surface area contributed by atoms with E-state index in [4.69, 9.17) is 49.0 Å². The van der Waals surface area contributed by atoms with Crippen molar-refractivity contribution in [3.8, 4) is 0 Å². The number of anilines is 4. The van der Waals surface area contributed by atoms with Gasteiger partial charge in [-0.05, 0) is 147 Å². The number of nitrogens with zero attached hydrogens (tertiary/aromatic N) is 13. The number of aromatic amines is 5. The summed E-state index contributed by atoms with van der Waals surface area (Å²) in [5, 5.41) is 54.3. The average molecular weight is 1640 g/mol. The van der Waals surface area contributed by atoms with Crippen molar-refractivity contribution >= 4 is 144 Å². The number of carbonyl (C=O) groups excluding carboxylic acids is 2. The van der Waals surface area contributed by atoms with Crippen LogP contribution in [0.3, 0.4) is 0 Å². The summed E-state index contributed by atoms with van der Waals surface area (Å²) in [6, 6.07) is 30.4. The number of hydrogen-bond acceptors (Lipinski definition) is 19. The molecular formula is C80H97Cl3N18O10S2. The van der Waals surface area contributed by atoms with E-state index in [9.17, 15) is 31.5 Å². The molecule has 0 saturated carbocycles. The summed E-state index contributed by atoms with van der Waals surface area (Å²) in [4.78, 5) is 37.6. The second-order valence-electron chi connectivity index (χ2n) is 30.8. The van der Waals surface area contributed by atoms with E-state index in [0.717, 1.165) is 187 Å². The van der Waals surface area contributed by atoms with Crippen LogP contribution in [0.1, 0.15) is 79.5 Å². The minimum absolute atomic E-state index is 0.0679. The fourth-order valence-electron chi connectivity index (χ4n) is 16.8. The second-order valence-corrected chi connectivity index (χ2v) is 36.1. The van der Waals surface area contributed by atoms with Crippen molar-refractivity contribution < 1.29 is 45.7 Å². The number of likely N-dealkylation sites (tertiary alicyclic amines) is 1. The number of H-pyrrole nitrogens is 5. The molecule has 113 heavy (non-hydrogen) atoms. The van der Waals surface area contributed by atoms with E-state index in [1.807, 2.05) is 108 Å². The normalized spacial score (nSPS) is 19.9. The van der Waals surface area contributed by atoms with Gasteiger partial charge in [-0.15, -0.1) is 0 Å². The molecule has 8 saturated heterocycles. The smallest absolute Gasteiger partial charge is 0.230 e. The van der Waals surface area contributed by atoms with E-state index in [1.165, 1.54) is 34.9 Å². The minimum Gasteiger partial charge on any atom is -0.385 e. The molecule has 0 bridgehead atoms. The number of benzene rings is 6. The lowest BCUT2D eigenvalue weighted by Crippen LogP contribution is -2.53. The van der Waals surface area contributed by atoms with Crippen LogP contribution in [0.25, 0.3) is 54.5 Å². The van der Waals surface area contributed by atoms with Crippen LogP contribution in [0.4, 0.5) is 22.7 Å². The third-order valence-electron chi connectivity index (χ3n) is 23.3. The molecule has 8 aliphatic rings. The number of carbonyl (C=O) groups is 2. The Kier molecular flexibility index (Phi) is 24.2. The Labute approximate surface area is 671 Å². The van der Waals surface area contributed by atoms with Gasteiger partial charge in [0.15, 0.2) is 0 Å². The van der Waals surface area contributed by atoms with Gasteiger partial charge in [-0.3, -0.25) is 35.1 Å². The predicted octanol–water partition coefficient (Wildman–Crippen LogP) is 10.7. The van der Waals surface area contributed by atoms with Gasteiger partial charge >= 0.3 is 0 Å². The maximum Gasteiger partial charge on any atom is 0.230 e. The van der Waals surface area contributed by atoms with E-state index in [2.05, 4.69) is 109 Å². The van der Waals surface area contributed by atoms with Crippen molar-refractivity contribution in [3.63, 3.8) is 0 Å². The number of piperazine rings is 2. The molecule has 8 aliphatic heterocycles. The van der Waals surface area contributed by atoms with Crippen LogP contribution in [0.2, 0.25) is 15.1 Å². The molecule has 1 atom stereocenters. The zero-order valence-corrected chi connectivity index (χ0v) is 67.8. The quantitative estimate of drug-likeness (QED) is 0.0701. The lowest BCUT2D eigenvalue weighted by molar-refractivity contribution is -0.151. The number of nitrogens with one attached hydrogen (secondary N) is 5. The Bertz CT molecular complexity index is 5270. The molecule has 0 aliphatic carbocycles. The van der Waals surface area contributed by atoms with Crippen LogP contribution < -0.4 is 19.6 Å².